The number of sulfone groups is 1. The van der Waals surface area contributed by atoms with Gasteiger partial charge in [0.2, 0.25) is 9.84 Å². The molecule has 0 aliphatic carbocycles. The van der Waals surface area contributed by atoms with E-state index in [1.807, 2.05) is 12.1 Å². The summed E-state index contributed by atoms with van der Waals surface area (Å²) < 4.78 is 34.8. The summed E-state index contributed by atoms with van der Waals surface area (Å²) in [4.78, 5) is 0.408. The Hall–Kier alpha value is -3.57. The maximum atomic E-state index is 13.2. The van der Waals surface area contributed by atoms with Crippen molar-refractivity contribution >= 4 is 31.6 Å². The Morgan fingerprint density at radius 3 is 1.88 bits per heavy atom. The lowest BCUT2D eigenvalue weighted by molar-refractivity contribution is 0.443. The average Bonchev–Trinajstić information content (AvgIpc) is 3.08. The molecule has 0 saturated heterocycles. The molecule has 0 amide bonds. The molecule has 1 aliphatic rings. The molecule has 0 fully saturated rings. The van der Waals surface area contributed by atoms with E-state index in [9.17, 15) is 8.42 Å². The number of aromatic nitrogens is 1. The normalized spacial score (nSPS) is 14.2. The summed E-state index contributed by atoms with van der Waals surface area (Å²) in [5.41, 5.74) is 7.92. The number of para-hydroxylation sites is 1. The first-order valence-corrected chi connectivity index (χ1v) is 12.4. The van der Waals surface area contributed by atoms with E-state index < -0.39 is 9.84 Å². The molecule has 33 heavy (non-hydrogen) atoms. The van der Waals surface area contributed by atoms with Crippen molar-refractivity contribution in [3.05, 3.63) is 89.0 Å². The Bertz CT molecular complexity index is 1680. The highest BCUT2D eigenvalue weighted by Crippen LogP contribution is 2.44. The van der Waals surface area contributed by atoms with E-state index in [-0.39, 0.29) is 9.79 Å². The molecule has 0 radical (unpaired) electrons. The SMILES string of the molecule is Cc1cc(C)c2c(c1)c1cc(C)cc(C)c1n2-c1ccc2c(c1)Oc1ccccc1S2(=O)=O. The van der Waals surface area contributed by atoms with Crippen molar-refractivity contribution in [2.45, 2.75) is 37.5 Å². The summed E-state index contributed by atoms with van der Waals surface area (Å²) in [6, 6.07) is 21.0. The van der Waals surface area contributed by atoms with Gasteiger partial charge in [-0.1, -0.05) is 35.4 Å². The summed E-state index contributed by atoms with van der Waals surface area (Å²) in [5, 5.41) is 2.40. The van der Waals surface area contributed by atoms with Crippen molar-refractivity contribution in [3.63, 3.8) is 0 Å². The summed E-state index contributed by atoms with van der Waals surface area (Å²) in [5.74, 6) is 0.721. The Morgan fingerprint density at radius 2 is 1.24 bits per heavy atom. The molecule has 5 heteroatoms. The van der Waals surface area contributed by atoms with E-state index in [1.54, 1.807) is 30.3 Å². The minimum absolute atomic E-state index is 0.200. The quantitative estimate of drug-likeness (QED) is 0.270. The van der Waals surface area contributed by atoms with Gasteiger partial charge in [0.05, 0.1) is 11.0 Å². The number of hydrogen-bond donors (Lipinski definition) is 0. The second-order valence-corrected chi connectivity index (χ2v) is 10.9. The Kier molecular flexibility index (Phi) is 4.08. The van der Waals surface area contributed by atoms with E-state index in [4.69, 9.17) is 4.74 Å². The molecule has 0 N–H and O–H groups in total. The van der Waals surface area contributed by atoms with Gasteiger partial charge in [-0.05, 0) is 75.2 Å². The lowest BCUT2D eigenvalue weighted by atomic mass is 10.0. The molecule has 5 aromatic rings. The monoisotopic (exact) mass is 453 g/mol. The van der Waals surface area contributed by atoms with Gasteiger partial charge in [0.1, 0.15) is 21.3 Å². The van der Waals surface area contributed by atoms with Gasteiger partial charge in [0.25, 0.3) is 0 Å². The molecule has 1 aromatic heterocycles. The Labute approximate surface area is 193 Å². The summed E-state index contributed by atoms with van der Waals surface area (Å²) in [6.07, 6.45) is 0. The maximum absolute atomic E-state index is 13.2. The van der Waals surface area contributed by atoms with Crippen LogP contribution in [0.1, 0.15) is 22.3 Å². The lowest BCUT2D eigenvalue weighted by Gasteiger charge is -2.21. The highest BCUT2D eigenvalue weighted by atomic mass is 32.2. The highest BCUT2D eigenvalue weighted by molar-refractivity contribution is 7.91. The third kappa shape index (κ3) is 2.79. The van der Waals surface area contributed by atoms with Gasteiger partial charge in [0.15, 0.2) is 0 Å². The number of ether oxygens (including phenoxy) is 1. The van der Waals surface area contributed by atoms with Crippen LogP contribution in [0.2, 0.25) is 0 Å². The van der Waals surface area contributed by atoms with Crippen LogP contribution in [-0.2, 0) is 9.84 Å². The third-order valence-corrected chi connectivity index (χ3v) is 8.29. The highest BCUT2D eigenvalue weighted by Gasteiger charge is 2.31. The second-order valence-electron chi connectivity index (χ2n) is 8.97. The van der Waals surface area contributed by atoms with Crippen LogP contribution < -0.4 is 4.74 Å². The van der Waals surface area contributed by atoms with Crippen LogP contribution in [0.3, 0.4) is 0 Å². The van der Waals surface area contributed by atoms with E-state index >= 15 is 0 Å². The van der Waals surface area contributed by atoms with Crippen molar-refractivity contribution in [2.24, 2.45) is 0 Å². The average molecular weight is 454 g/mol. The molecular weight excluding hydrogens is 430 g/mol. The molecule has 4 aromatic carbocycles. The second kappa shape index (κ2) is 6.72. The Morgan fingerprint density at radius 1 is 0.667 bits per heavy atom. The molecule has 0 saturated carbocycles. The standard InChI is InChI=1S/C28H23NO3S/c1-16-11-18(3)27-21(13-16)22-14-17(2)12-19(4)28(22)29(27)20-9-10-26-24(15-20)32-23-7-5-6-8-25(23)33(26,30)31/h5-15H,1-4H3. The van der Waals surface area contributed by atoms with Crippen LogP contribution in [0.5, 0.6) is 11.5 Å². The van der Waals surface area contributed by atoms with Crippen molar-refractivity contribution in [1.29, 1.82) is 0 Å². The first-order valence-electron chi connectivity index (χ1n) is 10.9. The molecular formula is C28H23NO3S. The molecule has 6 rings (SSSR count). The van der Waals surface area contributed by atoms with Crippen LogP contribution in [0.15, 0.2) is 76.5 Å². The van der Waals surface area contributed by atoms with Gasteiger partial charge in [-0.3, -0.25) is 0 Å². The molecule has 164 valence electrons. The first-order chi connectivity index (χ1) is 15.8. The van der Waals surface area contributed by atoms with Crippen LogP contribution in [-0.4, -0.2) is 13.0 Å². The number of hydrogen-bond acceptors (Lipinski definition) is 3. The van der Waals surface area contributed by atoms with Crippen molar-refractivity contribution < 1.29 is 13.2 Å². The van der Waals surface area contributed by atoms with Crippen LogP contribution >= 0.6 is 0 Å². The molecule has 0 unspecified atom stereocenters. The van der Waals surface area contributed by atoms with Gasteiger partial charge >= 0.3 is 0 Å². The fourth-order valence-corrected chi connectivity index (χ4v) is 6.71. The summed E-state index contributed by atoms with van der Waals surface area (Å²) >= 11 is 0. The number of fused-ring (bicyclic) bond motifs is 5. The zero-order chi connectivity index (χ0) is 23.1. The van der Waals surface area contributed by atoms with Crippen molar-refractivity contribution in [1.82, 2.24) is 4.57 Å². The number of aryl methyl sites for hydroxylation is 4. The predicted octanol–water partition coefficient (Wildman–Crippen LogP) is 6.96. The van der Waals surface area contributed by atoms with Gasteiger partial charge in [0, 0.05) is 22.5 Å². The van der Waals surface area contributed by atoms with Gasteiger partial charge in [-0.25, -0.2) is 8.42 Å². The number of benzene rings is 4. The van der Waals surface area contributed by atoms with Gasteiger partial charge in [-0.2, -0.15) is 0 Å². The third-order valence-electron chi connectivity index (χ3n) is 6.46. The van der Waals surface area contributed by atoms with E-state index in [2.05, 4.69) is 56.5 Å². The maximum Gasteiger partial charge on any atom is 0.213 e. The topological polar surface area (TPSA) is 48.3 Å². The van der Waals surface area contributed by atoms with Crippen molar-refractivity contribution in [3.8, 4) is 17.2 Å². The van der Waals surface area contributed by atoms with Crippen LogP contribution in [0.25, 0.3) is 27.5 Å². The lowest BCUT2D eigenvalue weighted by Crippen LogP contribution is -2.11. The van der Waals surface area contributed by atoms with E-state index in [0.717, 1.165) is 16.7 Å². The molecule has 0 bridgehead atoms. The Balaban J connectivity index is 1.69. The molecule has 0 atom stereocenters. The zero-order valence-corrected chi connectivity index (χ0v) is 19.7. The fourth-order valence-electron chi connectivity index (χ4n) is 5.23. The fraction of sp³-hybridized carbons (Fsp3) is 0.143. The minimum atomic E-state index is -3.63. The predicted molar refractivity (Wildman–Crippen MR) is 132 cm³/mol. The van der Waals surface area contributed by atoms with E-state index in [1.165, 1.54) is 33.0 Å². The first kappa shape index (κ1) is 20.1. The van der Waals surface area contributed by atoms with Gasteiger partial charge < -0.3 is 9.30 Å². The number of nitrogens with zero attached hydrogens (tertiary/aromatic N) is 1. The molecule has 1 aliphatic heterocycles. The minimum Gasteiger partial charge on any atom is -0.455 e. The summed E-state index contributed by atoms with van der Waals surface area (Å²) in [6.45, 7) is 8.49. The number of rotatable bonds is 1. The van der Waals surface area contributed by atoms with Crippen LogP contribution in [0, 0.1) is 27.7 Å². The van der Waals surface area contributed by atoms with Gasteiger partial charge in [-0.15, -0.1) is 0 Å². The smallest absolute Gasteiger partial charge is 0.213 e. The van der Waals surface area contributed by atoms with Crippen molar-refractivity contribution in [2.75, 3.05) is 0 Å². The molecule has 4 nitrogen and oxygen atoms in total. The van der Waals surface area contributed by atoms with E-state index in [0.29, 0.717) is 11.5 Å². The zero-order valence-electron chi connectivity index (χ0n) is 18.9. The summed E-state index contributed by atoms with van der Waals surface area (Å²) in [7, 11) is -3.63. The molecule has 2 heterocycles. The molecule has 0 spiro atoms. The largest absolute Gasteiger partial charge is 0.455 e. The van der Waals surface area contributed by atoms with Crippen LogP contribution in [0.4, 0.5) is 0 Å².